The lowest BCUT2D eigenvalue weighted by molar-refractivity contribution is 0.660. The van der Waals surface area contributed by atoms with Crippen molar-refractivity contribution in [2.45, 2.75) is 19.3 Å². The van der Waals surface area contributed by atoms with Crippen LogP contribution in [0.1, 0.15) is 25.0 Å². The van der Waals surface area contributed by atoms with E-state index in [9.17, 15) is 0 Å². The number of hydrogen-bond acceptors (Lipinski definition) is 0. The summed E-state index contributed by atoms with van der Waals surface area (Å²) in [5, 5.41) is 7.52. The van der Waals surface area contributed by atoms with Crippen molar-refractivity contribution in [3.8, 4) is 33.6 Å². The number of benzene rings is 8. The van der Waals surface area contributed by atoms with Crippen LogP contribution in [0.3, 0.4) is 0 Å². The van der Waals surface area contributed by atoms with Gasteiger partial charge in [0.2, 0.25) is 0 Å². The van der Waals surface area contributed by atoms with Gasteiger partial charge < -0.3 is 9.13 Å². The lowest BCUT2D eigenvalue weighted by atomic mass is 9.82. The van der Waals surface area contributed by atoms with E-state index in [2.05, 4.69) is 193 Å². The quantitative estimate of drug-likeness (QED) is 0.180. The van der Waals surface area contributed by atoms with Crippen LogP contribution in [0.4, 0.5) is 0 Å². The van der Waals surface area contributed by atoms with Crippen LogP contribution < -0.4 is 0 Å². The van der Waals surface area contributed by atoms with Gasteiger partial charge in [-0.05, 0) is 86.6 Å². The molecule has 2 heterocycles. The zero-order chi connectivity index (χ0) is 33.8. The molecule has 51 heavy (non-hydrogen) atoms. The highest BCUT2D eigenvalue weighted by Crippen LogP contribution is 2.49. The standard InChI is InChI=1S/C49H34N2/c1-49(2)43-16-8-5-13-37(43)42-30-34(22-28-44(42)49)32-19-23-35(24-20-32)50-45-17-9-6-14-38(45)40-26-27-41-39-15-7-10-18-46(39)51(48(41)47(40)50)36-25-21-31-11-3-4-12-33(31)29-36/h3-30H,1-2H3. The second kappa shape index (κ2) is 10.3. The molecule has 0 unspecified atom stereocenters. The summed E-state index contributed by atoms with van der Waals surface area (Å²) < 4.78 is 4.96. The summed E-state index contributed by atoms with van der Waals surface area (Å²) in [5.41, 5.74) is 15.2. The van der Waals surface area contributed by atoms with Crippen LogP contribution in [0.15, 0.2) is 170 Å². The van der Waals surface area contributed by atoms with Gasteiger partial charge in [0.15, 0.2) is 0 Å². The molecule has 1 aliphatic carbocycles. The van der Waals surface area contributed by atoms with Gasteiger partial charge in [-0.1, -0.05) is 141 Å². The first-order chi connectivity index (χ1) is 25.1. The van der Waals surface area contributed by atoms with Crippen LogP contribution in [-0.4, -0.2) is 9.13 Å². The van der Waals surface area contributed by atoms with Gasteiger partial charge in [0.05, 0.1) is 22.1 Å². The molecule has 1 aliphatic rings. The molecule has 0 aliphatic heterocycles. The molecule has 0 radical (unpaired) electrons. The average Bonchev–Trinajstić information content (AvgIpc) is 3.78. The molecule has 0 bridgehead atoms. The number of aromatic nitrogens is 2. The van der Waals surface area contributed by atoms with Crippen molar-refractivity contribution in [3.63, 3.8) is 0 Å². The van der Waals surface area contributed by atoms with Crippen molar-refractivity contribution >= 4 is 54.4 Å². The third-order valence-corrected chi connectivity index (χ3v) is 11.5. The van der Waals surface area contributed by atoms with Crippen LogP contribution in [-0.2, 0) is 5.41 Å². The van der Waals surface area contributed by atoms with Crippen LogP contribution in [0.25, 0.3) is 88.0 Å². The van der Waals surface area contributed by atoms with E-state index in [4.69, 9.17) is 0 Å². The highest BCUT2D eigenvalue weighted by atomic mass is 15.0. The van der Waals surface area contributed by atoms with Crippen LogP contribution in [0.5, 0.6) is 0 Å². The lowest BCUT2D eigenvalue weighted by Gasteiger charge is -2.21. The molecule has 0 N–H and O–H groups in total. The fourth-order valence-corrected chi connectivity index (χ4v) is 9.06. The topological polar surface area (TPSA) is 9.86 Å². The highest BCUT2D eigenvalue weighted by Gasteiger charge is 2.35. The van der Waals surface area contributed by atoms with Crippen molar-refractivity contribution in [1.29, 1.82) is 0 Å². The fraction of sp³-hybridized carbons (Fsp3) is 0.0612. The van der Waals surface area contributed by atoms with E-state index in [0.717, 1.165) is 5.69 Å². The first-order valence-corrected chi connectivity index (χ1v) is 17.9. The summed E-state index contributed by atoms with van der Waals surface area (Å²) in [7, 11) is 0. The van der Waals surface area contributed by atoms with Crippen LogP contribution in [0, 0.1) is 0 Å². The van der Waals surface area contributed by atoms with Gasteiger partial charge >= 0.3 is 0 Å². The molecule has 11 rings (SSSR count). The molecule has 2 nitrogen and oxygen atoms in total. The van der Waals surface area contributed by atoms with Crippen LogP contribution in [0.2, 0.25) is 0 Å². The second-order valence-corrected chi connectivity index (χ2v) is 14.6. The maximum absolute atomic E-state index is 2.48. The third kappa shape index (κ3) is 3.93. The lowest BCUT2D eigenvalue weighted by Crippen LogP contribution is -2.14. The van der Waals surface area contributed by atoms with E-state index >= 15 is 0 Å². The Kier molecular flexibility index (Phi) is 5.76. The Morgan fingerprint density at radius 3 is 1.65 bits per heavy atom. The molecule has 2 aromatic heterocycles. The van der Waals surface area contributed by atoms with Crippen molar-refractivity contribution in [2.75, 3.05) is 0 Å². The number of fused-ring (bicyclic) bond motifs is 11. The molecule has 0 saturated heterocycles. The molecule has 0 amide bonds. The average molecular weight is 651 g/mol. The molecule has 10 aromatic rings. The minimum Gasteiger partial charge on any atom is -0.307 e. The smallest absolute Gasteiger partial charge is 0.0788 e. The molecule has 240 valence electrons. The Bertz CT molecular complexity index is 3040. The summed E-state index contributed by atoms with van der Waals surface area (Å²) in [6, 6.07) is 62.9. The Morgan fingerprint density at radius 2 is 0.922 bits per heavy atom. The summed E-state index contributed by atoms with van der Waals surface area (Å²) >= 11 is 0. The monoisotopic (exact) mass is 650 g/mol. The first kappa shape index (κ1) is 28.5. The molecular weight excluding hydrogens is 617 g/mol. The fourth-order valence-electron chi connectivity index (χ4n) is 9.06. The van der Waals surface area contributed by atoms with Gasteiger partial charge in [-0.25, -0.2) is 0 Å². The van der Waals surface area contributed by atoms with E-state index in [0.29, 0.717) is 0 Å². The first-order valence-electron chi connectivity index (χ1n) is 17.9. The summed E-state index contributed by atoms with van der Waals surface area (Å²) in [5.74, 6) is 0. The molecule has 0 spiro atoms. The molecule has 8 aromatic carbocycles. The van der Waals surface area contributed by atoms with E-state index in [1.807, 2.05) is 0 Å². The van der Waals surface area contributed by atoms with Gasteiger partial charge in [0, 0.05) is 38.3 Å². The number of para-hydroxylation sites is 2. The number of rotatable bonds is 3. The number of nitrogens with zero attached hydrogens (tertiary/aromatic N) is 2. The summed E-state index contributed by atoms with van der Waals surface area (Å²) in [4.78, 5) is 0. The van der Waals surface area contributed by atoms with Crippen molar-refractivity contribution in [1.82, 2.24) is 9.13 Å². The normalized spacial score (nSPS) is 13.5. The Labute approximate surface area is 296 Å². The van der Waals surface area contributed by atoms with Crippen molar-refractivity contribution in [3.05, 3.63) is 181 Å². The predicted molar refractivity (Wildman–Crippen MR) is 216 cm³/mol. The molecule has 2 heteroatoms. The van der Waals surface area contributed by atoms with Gasteiger partial charge in [-0.15, -0.1) is 0 Å². The highest BCUT2D eigenvalue weighted by molar-refractivity contribution is 6.23. The van der Waals surface area contributed by atoms with Gasteiger partial charge in [-0.3, -0.25) is 0 Å². The van der Waals surface area contributed by atoms with Gasteiger partial charge in [-0.2, -0.15) is 0 Å². The van der Waals surface area contributed by atoms with E-state index in [1.54, 1.807) is 0 Å². The van der Waals surface area contributed by atoms with Crippen LogP contribution >= 0.6 is 0 Å². The third-order valence-electron chi connectivity index (χ3n) is 11.5. The molecule has 0 atom stereocenters. The van der Waals surface area contributed by atoms with E-state index in [-0.39, 0.29) is 5.41 Å². The predicted octanol–water partition coefficient (Wildman–Crippen LogP) is 13.0. The maximum Gasteiger partial charge on any atom is 0.0788 e. The molecular formula is C49H34N2. The summed E-state index contributed by atoms with van der Waals surface area (Å²) in [6.07, 6.45) is 0. The van der Waals surface area contributed by atoms with Gasteiger partial charge in [0.1, 0.15) is 0 Å². The molecule has 0 fully saturated rings. The Balaban J connectivity index is 1.15. The van der Waals surface area contributed by atoms with Crippen molar-refractivity contribution < 1.29 is 0 Å². The molecule has 0 saturated carbocycles. The SMILES string of the molecule is CC1(C)c2ccccc2-c2cc(-c3ccc(-n4c5ccccc5c5ccc6c7ccccc7n(-c7ccc8ccccc8c7)c6c54)cc3)ccc21. The van der Waals surface area contributed by atoms with E-state index < -0.39 is 0 Å². The minimum absolute atomic E-state index is 0.00546. The maximum atomic E-state index is 2.48. The van der Waals surface area contributed by atoms with E-state index in [1.165, 1.54) is 93.5 Å². The Morgan fingerprint density at radius 1 is 0.373 bits per heavy atom. The van der Waals surface area contributed by atoms with Gasteiger partial charge in [0.25, 0.3) is 0 Å². The number of hydrogen-bond donors (Lipinski definition) is 0. The zero-order valence-corrected chi connectivity index (χ0v) is 28.6. The minimum atomic E-state index is 0.00546. The Hall–Kier alpha value is -6.38. The second-order valence-electron chi connectivity index (χ2n) is 14.6. The van der Waals surface area contributed by atoms with Crippen molar-refractivity contribution in [2.24, 2.45) is 0 Å². The largest absolute Gasteiger partial charge is 0.307 e. The zero-order valence-electron chi connectivity index (χ0n) is 28.6. The summed E-state index contributed by atoms with van der Waals surface area (Å²) in [6.45, 7) is 4.68.